The fraction of sp³-hybridized carbons (Fsp3) is 0.154. The molecule has 0 aliphatic heterocycles. The maximum atomic E-state index is 12.4. The van der Waals surface area contributed by atoms with Crippen molar-refractivity contribution in [2.24, 2.45) is 4.40 Å². The molecule has 7 heteroatoms. The van der Waals surface area contributed by atoms with Gasteiger partial charge in [-0.25, -0.2) is 0 Å². The first kappa shape index (κ1) is 14.4. The maximum absolute atomic E-state index is 12.4. The third-order valence-electron chi connectivity index (χ3n) is 2.60. The molecule has 4 nitrogen and oxygen atoms in total. The number of hydrogen-bond acceptors (Lipinski definition) is 2. The molecule has 0 N–H and O–H groups in total. The summed E-state index contributed by atoms with van der Waals surface area (Å²) in [4.78, 5) is 0.0636. The van der Waals surface area contributed by atoms with Crippen LogP contribution in [-0.4, -0.2) is 13.0 Å². The molecule has 2 aromatic rings. The molecule has 1 aromatic heterocycles. The molecule has 0 aliphatic rings. The molecule has 0 fully saturated rings. The number of aromatic nitrogens is 1. The first-order valence-electron chi connectivity index (χ1n) is 5.72. The van der Waals surface area contributed by atoms with Crippen molar-refractivity contribution in [3.8, 4) is 0 Å². The zero-order valence-corrected chi connectivity index (χ0v) is 11.4. The molecule has 1 aromatic carbocycles. The molecule has 0 atom stereocenters. The Hall–Kier alpha value is -2.02. The van der Waals surface area contributed by atoms with E-state index in [0.717, 1.165) is 18.0 Å². The Bertz CT molecular complexity index is 745. The summed E-state index contributed by atoms with van der Waals surface area (Å²) >= 11 is 0. The quantitative estimate of drug-likeness (QED) is 0.874. The molecule has 0 saturated carbocycles. The van der Waals surface area contributed by atoms with Crippen LogP contribution in [0.5, 0.6) is 0 Å². The Labute approximate surface area is 115 Å². The Morgan fingerprint density at radius 3 is 2.10 bits per heavy atom. The predicted octanol–water partition coefficient (Wildman–Crippen LogP) is 2.48. The van der Waals surface area contributed by atoms with Crippen LogP contribution < -0.4 is 5.36 Å². The molecule has 0 unspecified atom stereocenters. The first-order chi connectivity index (χ1) is 9.38. The zero-order chi connectivity index (χ0) is 14.8. The highest BCUT2D eigenvalue weighted by atomic mass is 32.2. The highest BCUT2D eigenvalue weighted by molar-refractivity contribution is 7.90. The van der Waals surface area contributed by atoms with E-state index in [1.54, 1.807) is 12.1 Å². The van der Waals surface area contributed by atoms with E-state index in [9.17, 15) is 17.2 Å². The number of aryl methyl sites for hydroxylation is 1. The second kappa shape index (κ2) is 5.54. The Balaban J connectivity index is 2.40. The van der Waals surface area contributed by atoms with E-state index < -0.39 is 16.6 Å². The number of halogens is 2. The smallest absolute Gasteiger partial charge is 0.298 e. The predicted molar refractivity (Wildman–Crippen MR) is 69.6 cm³/mol. The molecule has 106 valence electrons. The Morgan fingerprint density at radius 1 is 1.05 bits per heavy atom. The van der Waals surface area contributed by atoms with Gasteiger partial charge in [-0.3, -0.25) is 4.57 Å². The second-order valence-electron chi connectivity index (χ2n) is 4.16. The van der Waals surface area contributed by atoms with Crippen molar-refractivity contribution in [2.75, 3.05) is 0 Å². The molecule has 0 amide bonds. The lowest BCUT2D eigenvalue weighted by Crippen LogP contribution is -2.09. The van der Waals surface area contributed by atoms with Crippen LogP contribution in [0.3, 0.4) is 0 Å². The highest BCUT2D eigenvalue weighted by Crippen LogP contribution is 2.12. The third-order valence-corrected chi connectivity index (χ3v) is 3.92. The second-order valence-corrected chi connectivity index (χ2v) is 5.76. The van der Waals surface area contributed by atoms with Gasteiger partial charge in [0.25, 0.3) is 10.0 Å². The van der Waals surface area contributed by atoms with Crippen molar-refractivity contribution in [1.82, 2.24) is 4.57 Å². The fourth-order valence-corrected chi connectivity index (χ4v) is 2.51. The molecular weight excluding hydrogens is 286 g/mol. The van der Waals surface area contributed by atoms with Crippen molar-refractivity contribution in [3.05, 3.63) is 59.7 Å². The van der Waals surface area contributed by atoms with E-state index in [-0.39, 0.29) is 10.3 Å². The summed E-state index contributed by atoms with van der Waals surface area (Å²) in [7, 11) is -3.83. The van der Waals surface area contributed by atoms with Crippen molar-refractivity contribution in [3.63, 3.8) is 0 Å². The van der Waals surface area contributed by atoms with Crippen molar-refractivity contribution in [1.29, 1.82) is 0 Å². The molecule has 0 spiro atoms. The molecule has 2 rings (SSSR count). The van der Waals surface area contributed by atoms with Gasteiger partial charge in [0.2, 0.25) is 0 Å². The highest BCUT2D eigenvalue weighted by Gasteiger charge is 2.11. The normalized spacial score (nSPS) is 11.6. The Kier molecular flexibility index (Phi) is 3.99. The average Bonchev–Trinajstić information content (AvgIpc) is 2.39. The van der Waals surface area contributed by atoms with Crippen LogP contribution in [0, 0.1) is 6.92 Å². The summed E-state index contributed by atoms with van der Waals surface area (Å²) < 4.78 is 53.0. The van der Waals surface area contributed by atoms with Crippen LogP contribution in [0.25, 0.3) is 0 Å². The van der Waals surface area contributed by atoms with E-state index >= 15 is 0 Å². The van der Waals surface area contributed by atoms with Crippen LogP contribution in [0.15, 0.2) is 58.1 Å². The van der Waals surface area contributed by atoms with Crippen LogP contribution in [0.2, 0.25) is 0 Å². The Morgan fingerprint density at radius 2 is 1.60 bits per heavy atom. The minimum atomic E-state index is -3.83. The summed E-state index contributed by atoms with van der Waals surface area (Å²) in [6.07, 6.45) is 2.16. The molecule has 20 heavy (non-hydrogen) atoms. The summed E-state index contributed by atoms with van der Waals surface area (Å²) in [5.41, 5.74) is 0.932. The lowest BCUT2D eigenvalue weighted by Gasteiger charge is -2.03. The van der Waals surface area contributed by atoms with Gasteiger partial charge in [0.15, 0.2) is 0 Å². The summed E-state index contributed by atoms with van der Waals surface area (Å²) in [6.45, 7) is -0.828. The third kappa shape index (κ3) is 3.30. The van der Waals surface area contributed by atoms with Gasteiger partial charge in [-0.15, -0.1) is 0 Å². The minimum absolute atomic E-state index is 0.0636. The van der Waals surface area contributed by atoms with E-state index in [1.165, 1.54) is 24.3 Å². The number of hydrogen-bond donors (Lipinski definition) is 0. The molecule has 1 heterocycles. The number of pyridine rings is 1. The first-order valence-corrected chi connectivity index (χ1v) is 7.16. The van der Waals surface area contributed by atoms with E-state index in [0.29, 0.717) is 4.57 Å². The van der Waals surface area contributed by atoms with Crippen molar-refractivity contribution in [2.45, 2.75) is 18.4 Å². The van der Waals surface area contributed by atoms with Gasteiger partial charge in [-0.2, -0.15) is 21.6 Å². The van der Waals surface area contributed by atoms with Gasteiger partial charge >= 0.3 is 6.55 Å². The van der Waals surface area contributed by atoms with Gasteiger partial charge in [0.1, 0.15) is 0 Å². The van der Waals surface area contributed by atoms with Crippen LogP contribution in [0.1, 0.15) is 12.1 Å². The summed E-state index contributed by atoms with van der Waals surface area (Å²) in [5.74, 6) is 0. The maximum Gasteiger partial charge on any atom is 0.318 e. The fourth-order valence-electron chi connectivity index (χ4n) is 1.52. The van der Waals surface area contributed by atoms with Crippen molar-refractivity contribution >= 4 is 10.0 Å². The number of alkyl halides is 2. The van der Waals surface area contributed by atoms with Gasteiger partial charge in [0, 0.05) is 12.4 Å². The van der Waals surface area contributed by atoms with E-state index in [4.69, 9.17) is 0 Å². The van der Waals surface area contributed by atoms with Crippen LogP contribution in [0.4, 0.5) is 8.78 Å². The zero-order valence-electron chi connectivity index (χ0n) is 10.6. The number of rotatable bonds is 3. The molecule has 0 radical (unpaired) electrons. The van der Waals surface area contributed by atoms with Gasteiger partial charge in [0.05, 0.1) is 10.3 Å². The monoisotopic (exact) mass is 298 g/mol. The van der Waals surface area contributed by atoms with Crippen molar-refractivity contribution < 1.29 is 17.2 Å². The summed E-state index contributed by atoms with van der Waals surface area (Å²) in [5, 5.41) is 0.0995. The van der Waals surface area contributed by atoms with E-state index in [1.807, 2.05) is 6.92 Å². The lowest BCUT2D eigenvalue weighted by atomic mass is 10.2. The molecular formula is C13H12F2N2O2S. The minimum Gasteiger partial charge on any atom is -0.298 e. The van der Waals surface area contributed by atoms with Gasteiger partial charge in [-0.1, -0.05) is 17.7 Å². The molecule has 0 bridgehead atoms. The van der Waals surface area contributed by atoms with Crippen LogP contribution in [-0.2, 0) is 10.0 Å². The number of nitrogens with zero attached hydrogens (tertiary/aromatic N) is 2. The standard InChI is InChI=1S/C13H12F2N2O2S/c1-10-2-4-12(5-3-10)20(18,19)16-11-6-8-17(9-7-11)13(14)15/h2-9,13H,1H3. The lowest BCUT2D eigenvalue weighted by molar-refractivity contribution is 0.0696. The SMILES string of the molecule is Cc1ccc(S(=O)(=O)N=c2ccn(C(F)F)cc2)cc1. The molecule has 0 saturated heterocycles. The molecule has 0 aliphatic carbocycles. The topological polar surface area (TPSA) is 51.4 Å². The van der Waals surface area contributed by atoms with Gasteiger partial charge in [-0.05, 0) is 31.2 Å². The van der Waals surface area contributed by atoms with Crippen LogP contribution >= 0.6 is 0 Å². The average molecular weight is 298 g/mol. The van der Waals surface area contributed by atoms with E-state index in [2.05, 4.69) is 4.40 Å². The number of benzene rings is 1. The largest absolute Gasteiger partial charge is 0.318 e. The summed E-state index contributed by atoms with van der Waals surface area (Å²) in [6, 6.07) is 8.68. The van der Waals surface area contributed by atoms with Gasteiger partial charge < -0.3 is 0 Å². The number of sulfonamides is 1.